The van der Waals surface area contributed by atoms with Crippen molar-refractivity contribution in [2.45, 2.75) is 58.6 Å². The summed E-state index contributed by atoms with van der Waals surface area (Å²) in [4.78, 5) is 11.3. The molecule has 1 amide bonds. The third-order valence-electron chi connectivity index (χ3n) is 2.62. The second kappa shape index (κ2) is 4.84. The highest BCUT2D eigenvalue weighted by Crippen LogP contribution is 2.24. The Hall–Kier alpha value is -0.770. The molecule has 0 saturated heterocycles. The van der Waals surface area contributed by atoms with E-state index in [2.05, 4.69) is 17.8 Å². The molecule has 0 aromatic rings. The van der Waals surface area contributed by atoms with Crippen LogP contribution in [-0.2, 0) is 4.74 Å². The molecule has 2 atom stereocenters. The lowest BCUT2D eigenvalue weighted by Crippen LogP contribution is -2.47. The van der Waals surface area contributed by atoms with Crippen LogP contribution in [0.3, 0.4) is 0 Å². The highest BCUT2D eigenvalue weighted by atomic mass is 16.6. The fourth-order valence-corrected chi connectivity index (χ4v) is 1.82. The summed E-state index contributed by atoms with van der Waals surface area (Å²) >= 11 is 0. The maximum atomic E-state index is 11.3. The number of hydrazine groups is 1. The average Bonchev–Trinajstić information content (AvgIpc) is 2.44. The lowest BCUT2D eigenvalue weighted by Gasteiger charge is -2.22. The first-order valence-electron chi connectivity index (χ1n) is 5.63. The maximum absolute atomic E-state index is 11.3. The van der Waals surface area contributed by atoms with Crippen molar-refractivity contribution in [3.05, 3.63) is 0 Å². The Kier molecular flexibility index (Phi) is 3.97. The van der Waals surface area contributed by atoms with Gasteiger partial charge in [-0.3, -0.25) is 5.43 Å². The molecule has 4 nitrogen and oxygen atoms in total. The van der Waals surface area contributed by atoms with E-state index >= 15 is 0 Å². The molecular formula is C11H22N2O2. The third-order valence-corrected chi connectivity index (χ3v) is 2.62. The predicted octanol–water partition coefficient (Wildman–Crippen LogP) is 2.20. The molecule has 0 aromatic carbocycles. The number of hydrogen-bond acceptors (Lipinski definition) is 3. The summed E-state index contributed by atoms with van der Waals surface area (Å²) in [5.74, 6) is 0.625. The molecule has 0 unspecified atom stereocenters. The van der Waals surface area contributed by atoms with Gasteiger partial charge >= 0.3 is 6.09 Å². The van der Waals surface area contributed by atoms with Crippen molar-refractivity contribution in [2.75, 3.05) is 0 Å². The molecule has 1 fully saturated rings. The van der Waals surface area contributed by atoms with Crippen LogP contribution in [0.1, 0.15) is 47.0 Å². The minimum absolute atomic E-state index is 0.387. The molecule has 2 N–H and O–H groups in total. The lowest BCUT2D eigenvalue weighted by molar-refractivity contribution is 0.0484. The summed E-state index contributed by atoms with van der Waals surface area (Å²) in [6.07, 6.45) is 3.18. The van der Waals surface area contributed by atoms with Crippen molar-refractivity contribution < 1.29 is 9.53 Å². The van der Waals surface area contributed by atoms with Gasteiger partial charge in [-0.15, -0.1) is 0 Å². The van der Waals surface area contributed by atoms with E-state index in [1.807, 2.05) is 20.8 Å². The monoisotopic (exact) mass is 214 g/mol. The Labute approximate surface area is 91.7 Å². The van der Waals surface area contributed by atoms with E-state index in [1.165, 1.54) is 12.8 Å². The molecule has 1 aliphatic carbocycles. The summed E-state index contributed by atoms with van der Waals surface area (Å²) in [5.41, 5.74) is 5.19. The summed E-state index contributed by atoms with van der Waals surface area (Å²) in [6.45, 7) is 7.75. The maximum Gasteiger partial charge on any atom is 0.422 e. The summed E-state index contributed by atoms with van der Waals surface area (Å²) in [5, 5.41) is 0. The zero-order chi connectivity index (χ0) is 11.5. The molecule has 1 rings (SSSR count). The van der Waals surface area contributed by atoms with E-state index in [9.17, 15) is 4.79 Å². The van der Waals surface area contributed by atoms with Gasteiger partial charge in [0.2, 0.25) is 0 Å². The standard InChI is InChI=1S/C11H22N2O2/c1-8-6-5-7-9(8)12-13-10(14)15-11(2,3)4/h8-9,12H,5-7H2,1-4H3,(H,13,14)/t8-,9+/m1/s1. The first-order valence-corrected chi connectivity index (χ1v) is 5.63. The molecule has 0 spiro atoms. The fourth-order valence-electron chi connectivity index (χ4n) is 1.82. The van der Waals surface area contributed by atoms with Crippen molar-refractivity contribution in [3.63, 3.8) is 0 Å². The Morgan fingerprint density at radius 1 is 1.33 bits per heavy atom. The van der Waals surface area contributed by atoms with Crippen LogP contribution >= 0.6 is 0 Å². The number of amides is 1. The van der Waals surface area contributed by atoms with Gasteiger partial charge in [0.15, 0.2) is 0 Å². The van der Waals surface area contributed by atoms with E-state index in [0.717, 1.165) is 6.42 Å². The number of rotatable bonds is 2. The third kappa shape index (κ3) is 4.51. The molecule has 88 valence electrons. The fraction of sp³-hybridized carbons (Fsp3) is 0.909. The van der Waals surface area contributed by atoms with Crippen molar-refractivity contribution >= 4 is 6.09 Å². The number of carbonyl (C=O) groups is 1. The summed E-state index contributed by atoms with van der Waals surface area (Å²) in [6, 6.07) is 0.387. The molecule has 1 aliphatic rings. The SMILES string of the molecule is C[C@@H]1CCC[C@@H]1NNC(=O)OC(C)(C)C. The Morgan fingerprint density at radius 3 is 2.47 bits per heavy atom. The molecule has 15 heavy (non-hydrogen) atoms. The van der Waals surface area contributed by atoms with Gasteiger partial charge in [0.05, 0.1) is 0 Å². The highest BCUT2D eigenvalue weighted by molar-refractivity contribution is 5.67. The number of hydrogen-bond donors (Lipinski definition) is 2. The van der Waals surface area contributed by atoms with Crippen LogP contribution in [0.4, 0.5) is 4.79 Å². The average molecular weight is 214 g/mol. The smallest absolute Gasteiger partial charge is 0.422 e. The van der Waals surface area contributed by atoms with Crippen LogP contribution in [-0.4, -0.2) is 17.7 Å². The zero-order valence-electron chi connectivity index (χ0n) is 10.1. The quantitative estimate of drug-likeness (QED) is 0.693. The molecule has 0 heterocycles. The van der Waals surface area contributed by atoms with E-state index in [-0.39, 0.29) is 0 Å². The lowest BCUT2D eigenvalue weighted by atomic mass is 10.1. The van der Waals surface area contributed by atoms with Gasteiger partial charge in [-0.1, -0.05) is 13.3 Å². The Balaban J connectivity index is 2.22. The predicted molar refractivity (Wildman–Crippen MR) is 59.3 cm³/mol. The molecule has 0 bridgehead atoms. The van der Waals surface area contributed by atoms with Crippen LogP contribution in [0.5, 0.6) is 0 Å². The van der Waals surface area contributed by atoms with Gasteiger partial charge in [-0.05, 0) is 39.5 Å². The molecule has 0 aliphatic heterocycles. The number of carbonyl (C=O) groups excluding carboxylic acids is 1. The van der Waals surface area contributed by atoms with Gasteiger partial charge in [0.1, 0.15) is 5.60 Å². The van der Waals surface area contributed by atoms with E-state index in [4.69, 9.17) is 4.74 Å². The first-order chi connectivity index (χ1) is 6.88. The minimum Gasteiger partial charge on any atom is -0.443 e. The van der Waals surface area contributed by atoms with Crippen LogP contribution in [0.2, 0.25) is 0 Å². The number of nitrogens with one attached hydrogen (secondary N) is 2. The van der Waals surface area contributed by atoms with Crippen LogP contribution in [0.25, 0.3) is 0 Å². The van der Waals surface area contributed by atoms with Gasteiger partial charge in [0.25, 0.3) is 0 Å². The Bertz CT molecular complexity index is 223. The highest BCUT2D eigenvalue weighted by Gasteiger charge is 2.24. The Morgan fingerprint density at radius 2 is 2.00 bits per heavy atom. The van der Waals surface area contributed by atoms with Crippen molar-refractivity contribution in [1.29, 1.82) is 0 Å². The normalized spacial score (nSPS) is 26.4. The number of ether oxygens (including phenoxy) is 1. The molecular weight excluding hydrogens is 192 g/mol. The summed E-state index contributed by atoms with van der Waals surface area (Å²) in [7, 11) is 0. The van der Waals surface area contributed by atoms with Crippen LogP contribution < -0.4 is 10.9 Å². The zero-order valence-corrected chi connectivity index (χ0v) is 10.1. The van der Waals surface area contributed by atoms with E-state index < -0.39 is 11.7 Å². The van der Waals surface area contributed by atoms with Crippen molar-refractivity contribution in [1.82, 2.24) is 10.9 Å². The van der Waals surface area contributed by atoms with Gasteiger partial charge in [-0.2, -0.15) is 0 Å². The van der Waals surface area contributed by atoms with E-state index in [0.29, 0.717) is 12.0 Å². The van der Waals surface area contributed by atoms with Gasteiger partial charge < -0.3 is 4.74 Å². The second-order valence-corrected chi connectivity index (χ2v) is 5.29. The van der Waals surface area contributed by atoms with Gasteiger partial charge in [0, 0.05) is 6.04 Å². The van der Waals surface area contributed by atoms with Crippen molar-refractivity contribution in [3.8, 4) is 0 Å². The van der Waals surface area contributed by atoms with Crippen LogP contribution in [0, 0.1) is 5.92 Å². The molecule has 1 saturated carbocycles. The minimum atomic E-state index is -0.437. The first kappa shape index (κ1) is 12.3. The van der Waals surface area contributed by atoms with E-state index in [1.54, 1.807) is 0 Å². The van der Waals surface area contributed by atoms with Crippen LogP contribution in [0.15, 0.2) is 0 Å². The largest absolute Gasteiger partial charge is 0.443 e. The summed E-state index contributed by atoms with van der Waals surface area (Å²) < 4.78 is 5.12. The topological polar surface area (TPSA) is 50.4 Å². The molecule has 0 radical (unpaired) electrons. The second-order valence-electron chi connectivity index (χ2n) is 5.29. The molecule has 0 aromatic heterocycles. The van der Waals surface area contributed by atoms with Crippen molar-refractivity contribution in [2.24, 2.45) is 5.92 Å². The van der Waals surface area contributed by atoms with Gasteiger partial charge in [-0.25, -0.2) is 10.2 Å². The molecule has 4 heteroatoms.